The van der Waals surface area contributed by atoms with E-state index in [-0.39, 0.29) is 0 Å². The summed E-state index contributed by atoms with van der Waals surface area (Å²) in [7, 11) is 0. The molecule has 2 aromatic heterocycles. The van der Waals surface area contributed by atoms with Gasteiger partial charge in [0, 0.05) is 36.9 Å². The van der Waals surface area contributed by atoms with Gasteiger partial charge in [-0.25, -0.2) is 0 Å². The Morgan fingerprint density at radius 2 is 2.23 bits per heavy atom. The number of likely N-dealkylation sites (tertiary alicyclic amines) is 1. The molecule has 114 valence electrons. The first kappa shape index (κ1) is 13.9. The highest BCUT2D eigenvalue weighted by atomic mass is 32.1. The normalized spacial score (nSPS) is 21.7. The van der Waals surface area contributed by atoms with Gasteiger partial charge in [0.05, 0.1) is 0 Å². The van der Waals surface area contributed by atoms with Gasteiger partial charge in [0.25, 0.3) is 0 Å². The molecule has 4 rings (SSSR count). The second kappa shape index (κ2) is 5.82. The van der Waals surface area contributed by atoms with Crippen molar-refractivity contribution in [1.29, 1.82) is 5.26 Å². The number of piperidine rings is 1. The van der Waals surface area contributed by atoms with Gasteiger partial charge in [-0.15, -0.1) is 21.5 Å². The second-order valence-corrected chi connectivity index (χ2v) is 7.35. The smallest absolute Gasteiger partial charge is 0.137 e. The minimum absolute atomic E-state index is 0.503. The van der Waals surface area contributed by atoms with Crippen molar-refractivity contribution in [1.82, 2.24) is 19.7 Å². The van der Waals surface area contributed by atoms with Crippen LogP contribution in [0.2, 0.25) is 0 Å². The Kier molecular flexibility index (Phi) is 3.68. The molecule has 0 radical (unpaired) electrons. The molecular weight excluding hydrogens is 294 g/mol. The van der Waals surface area contributed by atoms with Crippen LogP contribution in [-0.2, 0) is 19.5 Å². The summed E-state index contributed by atoms with van der Waals surface area (Å²) in [4.78, 5) is 4.58. The van der Waals surface area contributed by atoms with Crippen molar-refractivity contribution in [3.05, 3.63) is 33.5 Å². The molecule has 1 fully saturated rings. The van der Waals surface area contributed by atoms with Gasteiger partial charge in [-0.05, 0) is 37.9 Å². The van der Waals surface area contributed by atoms with Crippen LogP contribution < -0.4 is 0 Å². The predicted octanol–water partition coefficient (Wildman–Crippen LogP) is 2.54. The highest BCUT2D eigenvalue weighted by molar-refractivity contribution is 7.12. The molecular formula is C16H19N5S. The third-order valence-electron chi connectivity index (χ3n) is 4.66. The fraction of sp³-hybridized carbons (Fsp3) is 0.562. The molecule has 0 aromatic carbocycles. The second-order valence-electron chi connectivity index (χ2n) is 6.18. The lowest BCUT2D eigenvalue weighted by Crippen LogP contribution is -2.34. The van der Waals surface area contributed by atoms with E-state index in [4.69, 9.17) is 5.26 Å². The fourth-order valence-corrected chi connectivity index (χ4v) is 4.48. The Morgan fingerprint density at radius 1 is 1.27 bits per heavy atom. The minimum Gasteiger partial charge on any atom is -0.315 e. The van der Waals surface area contributed by atoms with Gasteiger partial charge in [-0.1, -0.05) is 0 Å². The average molecular weight is 313 g/mol. The van der Waals surface area contributed by atoms with Crippen molar-refractivity contribution in [2.75, 3.05) is 13.1 Å². The Bertz CT molecular complexity index is 710. The molecule has 0 saturated carbocycles. The molecule has 0 amide bonds. The van der Waals surface area contributed by atoms with Gasteiger partial charge in [0.2, 0.25) is 0 Å². The zero-order valence-corrected chi connectivity index (χ0v) is 13.3. The van der Waals surface area contributed by atoms with Crippen LogP contribution in [0.3, 0.4) is 0 Å². The molecule has 1 atom stereocenters. The zero-order valence-electron chi connectivity index (χ0n) is 12.5. The number of nitrogens with zero attached hydrogens (tertiary/aromatic N) is 5. The van der Waals surface area contributed by atoms with Crippen molar-refractivity contribution in [2.24, 2.45) is 0 Å². The summed E-state index contributed by atoms with van der Waals surface area (Å²) in [5.74, 6) is 2.87. The van der Waals surface area contributed by atoms with Gasteiger partial charge in [0.1, 0.15) is 22.6 Å². The van der Waals surface area contributed by atoms with Gasteiger partial charge in [-0.3, -0.25) is 4.90 Å². The van der Waals surface area contributed by atoms with Crippen LogP contribution >= 0.6 is 11.3 Å². The predicted molar refractivity (Wildman–Crippen MR) is 84.6 cm³/mol. The van der Waals surface area contributed by atoms with Crippen LogP contribution in [0.5, 0.6) is 0 Å². The van der Waals surface area contributed by atoms with Crippen molar-refractivity contribution in [3.63, 3.8) is 0 Å². The van der Waals surface area contributed by atoms with Crippen LogP contribution in [0.1, 0.15) is 46.6 Å². The molecule has 6 heteroatoms. The van der Waals surface area contributed by atoms with E-state index in [9.17, 15) is 0 Å². The van der Waals surface area contributed by atoms with Crippen molar-refractivity contribution < 1.29 is 0 Å². The standard InChI is InChI=1S/C16H19N5S/c17-9-13-5-6-14(22-13)11-20-7-1-3-12(10-20)16-19-18-15-4-2-8-21(15)16/h5-6,12H,1-4,7-8,10-11H2/t12-/m1/s1. The Balaban J connectivity index is 1.46. The van der Waals surface area contributed by atoms with E-state index in [1.807, 2.05) is 6.07 Å². The Morgan fingerprint density at radius 3 is 3.09 bits per heavy atom. The molecule has 0 aliphatic carbocycles. The summed E-state index contributed by atoms with van der Waals surface area (Å²) in [6.07, 6.45) is 4.71. The number of hydrogen-bond acceptors (Lipinski definition) is 5. The first-order valence-electron chi connectivity index (χ1n) is 7.96. The maximum atomic E-state index is 8.94. The summed E-state index contributed by atoms with van der Waals surface area (Å²) in [6.45, 7) is 4.23. The summed E-state index contributed by atoms with van der Waals surface area (Å²) >= 11 is 1.61. The highest BCUT2D eigenvalue weighted by Gasteiger charge is 2.28. The molecule has 4 heterocycles. The monoisotopic (exact) mass is 313 g/mol. The zero-order chi connectivity index (χ0) is 14.9. The number of nitriles is 1. The molecule has 2 aliphatic rings. The number of aromatic nitrogens is 3. The van der Waals surface area contributed by atoms with Gasteiger partial charge in [-0.2, -0.15) is 5.26 Å². The molecule has 5 nitrogen and oxygen atoms in total. The molecule has 2 aliphatic heterocycles. The molecule has 0 N–H and O–H groups in total. The van der Waals surface area contributed by atoms with Crippen molar-refractivity contribution in [2.45, 2.75) is 44.7 Å². The fourth-order valence-electron chi connectivity index (χ4n) is 3.63. The van der Waals surface area contributed by atoms with Gasteiger partial charge >= 0.3 is 0 Å². The maximum absolute atomic E-state index is 8.94. The van der Waals surface area contributed by atoms with Crippen molar-refractivity contribution in [3.8, 4) is 6.07 Å². The molecule has 22 heavy (non-hydrogen) atoms. The van der Waals surface area contributed by atoms with Crippen LogP contribution in [0.15, 0.2) is 12.1 Å². The summed E-state index contributed by atoms with van der Waals surface area (Å²) in [5, 5.41) is 17.8. The average Bonchev–Trinajstić information content (AvgIpc) is 3.23. The number of hydrogen-bond donors (Lipinski definition) is 0. The lowest BCUT2D eigenvalue weighted by atomic mass is 9.97. The molecule has 0 bridgehead atoms. The van der Waals surface area contributed by atoms with Crippen LogP contribution in [0.4, 0.5) is 0 Å². The molecule has 0 spiro atoms. The number of rotatable bonds is 3. The Labute approximate surface area is 134 Å². The number of thiophene rings is 1. The topological polar surface area (TPSA) is 57.7 Å². The number of aryl methyl sites for hydroxylation is 1. The van der Waals surface area contributed by atoms with Crippen LogP contribution in [-0.4, -0.2) is 32.8 Å². The largest absolute Gasteiger partial charge is 0.315 e. The van der Waals surface area contributed by atoms with E-state index in [1.165, 1.54) is 35.8 Å². The van der Waals surface area contributed by atoms with E-state index in [0.717, 1.165) is 37.5 Å². The maximum Gasteiger partial charge on any atom is 0.137 e. The van der Waals surface area contributed by atoms with Gasteiger partial charge in [0.15, 0.2) is 0 Å². The first-order chi connectivity index (χ1) is 10.8. The summed E-state index contributed by atoms with van der Waals surface area (Å²) in [6, 6.07) is 6.23. The van der Waals surface area contributed by atoms with Crippen molar-refractivity contribution >= 4 is 11.3 Å². The molecule has 2 aromatic rings. The molecule has 1 saturated heterocycles. The SMILES string of the molecule is N#Cc1ccc(CN2CCC[C@@H](c3nnc4n3CCC4)C2)s1. The van der Waals surface area contributed by atoms with E-state index in [2.05, 4.69) is 31.8 Å². The lowest BCUT2D eigenvalue weighted by molar-refractivity contribution is 0.196. The van der Waals surface area contributed by atoms with Crippen LogP contribution in [0.25, 0.3) is 0 Å². The lowest BCUT2D eigenvalue weighted by Gasteiger charge is -2.31. The third kappa shape index (κ3) is 2.55. The van der Waals surface area contributed by atoms with E-state index < -0.39 is 0 Å². The Hall–Kier alpha value is -1.71. The quantitative estimate of drug-likeness (QED) is 0.874. The molecule has 0 unspecified atom stereocenters. The summed E-state index contributed by atoms with van der Waals surface area (Å²) < 4.78 is 2.34. The third-order valence-corrected chi connectivity index (χ3v) is 5.63. The first-order valence-corrected chi connectivity index (χ1v) is 8.78. The summed E-state index contributed by atoms with van der Waals surface area (Å²) in [5.41, 5.74) is 0. The van der Waals surface area contributed by atoms with Crippen LogP contribution in [0, 0.1) is 11.3 Å². The highest BCUT2D eigenvalue weighted by Crippen LogP contribution is 2.29. The van der Waals surface area contributed by atoms with E-state index >= 15 is 0 Å². The van der Waals surface area contributed by atoms with E-state index in [1.54, 1.807) is 11.3 Å². The van der Waals surface area contributed by atoms with Gasteiger partial charge < -0.3 is 4.57 Å². The number of fused-ring (bicyclic) bond motifs is 1. The van der Waals surface area contributed by atoms with E-state index in [0.29, 0.717) is 5.92 Å². The minimum atomic E-state index is 0.503.